The van der Waals surface area contributed by atoms with Crippen LogP contribution < -0.4 is 0 Å². The van der Waals surface area contributed by atoms with Gasteiger partial charge in [0.15, 0.2) is 0 Å². The van der Waals surface area contributed by atoms with Crippen LogP contribution in [0.15, 0.2) is 36.9 Å². The molecule has 60 valence electrons. The molecule has 2 rings (SSSR count). The van der Waals surface area contributed by atoms with Gasteiger partial charge in [0.05, 0.1) is 0 Å². The molecule has 1 aromatic heterocycles. The number of benzene rings is 1. The van der Waals surface area contributed by atoms with Crippen molar-refractivity contribution < 1.29 is 0 Å². The van der Waals surface area contributed by atoms with Gasteiger partial charge < -0.3 is 0 Å². The normalized spacial score (nSPS) is 10.1. The summed E-state index contributed by atoms with van der Waals surface area (Å²) in [5, 5.41) is 8.11. The van der Waals surface area contributed by atoms with Crippen molar-refractivity contribution in [1.82, 2.24) is 14.8 Å². The molecule has 0 atom stereocenters. The van der Waals surface area contributed by atoms with E-state index in [0.717, 1.165) is 5.69 Å². The molecule has 0 aliphatic rings. The molecule has 0 unspecified atom stereocenters. The van der Waals surface area contributed by atoms with Crippen LogP contribution in [0.25, 0.3) is 5.69 Å². The molecule has 0 bridgehead atoms. The van der Waals surface area contributed by atoms with Crippen LogP contribution in [0.4, 0.5) is 0 Å². The average Bonchev–Trinajstić information content (AvgIpc) is 2.56. The molecule has 0 saturated heterocycles. The minimum atomic E-state index is 0.709. The van der Waals surface area contributed by atoms with E-state index < -0.39 is 0 Å². The Balaban J connectivity index is 2.48. The third-order valence-electron chi connectivity index (χ3n) is 1.53. The van der Waals surface area contributed by atoms with Gasteiger partial charge >= 0.3 is 0 Å². The van der Waals surface area contributed by atoms with E-state index in [1.165, 1.54) is 0 Å². The number of nitrogens with zero attached hydrogens (tertiary/aromatic N) is 3. The maximum atomic E-state index is 5.81. The lowest BCUT2D eigenvalue weighted by Crippen LogP contribution is -1.88. The van der Waals surface area contributed by atoms with Gasteiger partial charge in [-0.15, -0.1) is 10.2 Å². The number of rotatable bonds is 1. The summed E-state index contributed by atoms with van der Waals surface area (Å²) in [5.41, 5.74) is 0.965. The van der Waals surface area contributed by atoms with Crippen molar-refractivity contribution in [3.05, 3.63) is 41.9 Å². The lowest BCUT2D eigenvalue weighted by Gasteiger charge is -1.99. The molecule has 4 heteroatoms. The van der Waals surface area contributed by atoms with E-state index in [0.29, 0.717) is 5.02 Å². The topological polar surface area (TPSA) is 30.7 Å². The molecule has 0 amide bonds. The standard InChI is InChI=1S/C8H6ClN3/c9-7-2-1-3-8(4-7)12-5-10-11-6-12/h1-6H. The zero-order valence-corrected chi connectivity index (χ0v) is 6.94. The number of hydrogen-bond acceptors (Lipinski definition) is 2. The predicted octanol–water partition coefficient (Wildman–Crippen LogP) is 1.92. The van der Waals surface area contributed by atoms with Gasteiger partial charge in [-0.05, 0) is 18.2 Å². The van der Waals surface area contributed by atoms with E-state index in [1.807, 2.05) is 24.3 Å². The van der Waals surface area contributed by atoms with Gasteiger partial charge in [0, 0.05) is 10.7 Å². The lowest BCUT2D eigenvalue weighted by atomic mass is 10.3. The predicted molar refractivity (Wildman–Crippen MR) is 46.4 cm³/mol. The van der Waals surface area contributed by atoms with Crippen molar-refractivity contribution in [2.45, 2.75) is 0 Å². The van der Waals surface area contributed by atoms with E-state index in [2.05, 4.69) is 10.2 Å². The van der Waals surface area contributed by atoms with Crippen LogP contribution in [0.1, 0.15) is 0 Å². The minimum absolute atomic E-state index is 0.709. The molecule has 12 heavy (non-hydrogen) atoms. The van der Waals surface area contributed by atoms with E-state index in [-0.39, 0.29) is 0 Å². The summed E-state index contributed by atoms with van der Waals surface area (Å²) < 4.78 is 1.80. The zero-order chi connectivity index (χ0) is 8.39. The lowest BCUT2D eigenvalue weighted by molar-refractivity contribution is 1.06. The van der Waals surface area contributed by atoms with Crippen LogP contribution in [0.3, 0.4) is 0 Å². The molecule has 0 aliphatic carbocycles. The summed E-state index contributed by atoms with van der Waals surface area (Å²) in [5.74, 6) is 0. The van der Waals surface area contributed by atoms with Crippen LogP contribution >= 0.6 is 11.6 Å². The second-order valence-corrected chi connectivity index (χ2v) is 2.79. The minimum Gasteiger partial charge on any atom is -0.288 e. The van der Waals surface area contributed by atoms with Crippen molar-refractivity contribution in [2.75, 3.05) is 0 Å². The highest BCUT2D eigenvalue weighted by molar-refractivity contribution is 6.30. The fraction of sp³-hybridized carbons (Fsp3) is 0. The Morgan fingerprint density at radius 1 is 1.17 bits per heavy atom. The first-order valence-electron chi connectivity index (χ1n) is 3.47. The van der Waals surface area contributed by atoms with Crippen molar-refractivity contribution in [2.24, 2.45) is 0 Å². The fourth-order valence-electron chi connectivity index (χ4n) is 0.971. The molecule has 0 radical (unpaired) electrons. The molecule has 0 aliphatic heterocycles. The van der Waals surface area contributed by atoms with Crippen LogP contribution in [0.5, 0.6) is 0 Å². The maximum Gasteiger partial charge on any atom is 0.123 e. The van der Waals surface area contributed by atoms with Gasteiger partial charge in [-0.25, -0.2) is 0 Å². The van der Waals surface area contributed by atoms with E-state index in [4.69, 9.17) is 11.6 Å². The van der Waals surface area contributed by atoms with E-state index >= 15 is 0 Å². The Labute approximate surface area is 74.6 Å². The Morgan fingerprint density at radius 3 is 2.58 bits per heavy atom. The summed E-state index contributed by atoms with van der Waals surface area (Å²) in [7, 11) is 0. The average molecular weight is 180 g/mol. The van der Waals surface area contributed by atoms with E-state index in [1.54, 1.807) is 17.2 Å². The Morgan fingerprint density at radius 2 is 1.92 bits per heavy atom. The second-order valence-electron chi connectivity index (χ2n) is 2.35. The van der Waals surface area contributed by atoms with Gasteiger partial charge in [-0.1, -0.05) is 17.7 Å². The Hall–Kier alpha value is -1.35. The zero-order valence-electron chi connectivity index (χ0n) is 6.18. The molecule has 0 spiro atoms. The van der Waals surface area contributed by atoms with Gasteiger partial charge in [-0.3, -0.25) is 4.57 Å². The highest BCUT2D eigenvalue weighted by Crippen LogP contribution is 2.13. The number of hydrogen-bond donors (Lipinski definition) is 0. The first-order chi connectivity index (χ1) is 5.86. The molecular formula is C8H6ClN3. The van der Waals surface area contributed by atoms with Crippen LogP contribution in [0, 0.1) is 0 Å². The maximum absolute atomic E-state index is 5.81. The van der Waals surface area contributed by atoms with Gasteiger partial charge in [0.1, 0.15) is 12.7 Å². The molecule has 1 heterocycles. The van der Waals surface area contributed by atoms with Crippen molar-refractivity contribution in [3.63, 3.8) is 0 Å². The highest BCUT2D eigenvalue weighted by Gasteiger charge is 1.95. The van der Waals surface area contributed by atoms with Crippen LogP contribution in [0.2, 0.25) is 5.02 Å². The number of aromatic nitrogens is 3. The Kier molecular flexibility index (Phi) is 1.80. The molecule has 1 aromatic carbocycles. The molecular weight excluding hydrogens is 174 g/mol. The first-order valence-corrected chi connectivity index (χ1v) is 3.84. The van der Waals surface area contributed by atoms with Crippen molar-refractivity contribution >= 4 is 11.6 Å². The molecule has 0 fully saturated rings. The SMILES string of the molecule is Clc1cccc(-n2cnnc2)c1. The van der Waals surface area contributed by atoms with Crippen molar-refractivity contribution in [3.8, 4) is 5.69 Å². The Bertz CT molecular complexity index is 370. The first kappa shape index (κ1) is 7.31. The smallest absolute Gasteiger partial charge is 0.123 e. The third-order valence-corrected chi connectivity index (χ3v) is 1.76. The van der Waals surface area contributed by atoms with Gasteiger partial charge in [-0.2, -0.15) is 0 Å². The number of halogens is 1. The van der Waals surface area contributed by atoms with Crippen LogP contribution in [-0.4, -0.2) is 14.8 Å². The molecule has 0 N–H and O–H groups in total. The monoisotopic (exact) mass is 179 g/mol. The second kappa shape index (κ2) is 2.95. The van der Waals surface area contributed by atoms with Crippen molar-refractivity contribution in [1.29, 1.82) is 0 Å². The highest BCUT2D eigenvalue weighted by atomic mass is 35.5. The van der Waals surface area contributed by atoms with E-state index in [9.17, 15) is 0 Å². The largest absolute Gasteiger partial charge is 0.288 e. The quantitative estimate of drug-likeness (QED) is 0.670. The summed E-state index contributed by atoms with van der Waals surface area (Å²) in [6, 6.07) is 7.51. The third kappa shape index (κ3) is 1.31. The molecule has 0 saturated carbocycles. The molecule has 3 nitrogen and oxygen atoms in total. The summed E-state index contributed by atoms with van der Waals surface area (Å²) >= 11 is 5.81. The van der Waals surface area contributed by atoms with Gasteiger partial charge in [0.25, 0.3) is 0 Å². The molecule has 2 aromatic rings. The summed E-state index contributed by atoms with van der Waals surface area (Å²) in [6.45, 7) is 0. The summed E-state index contributed by atoms with van der Waals surface area (Å²) in [4.78, 5) is 0. The fourth-order valence-corrected chi connectivity index (χ4v) is 1.16. The van der Waals surface area contributed by atoms with Gasteiger partial charge in [0.2, 0.25) is 0 Å². The summed E-state index contributed by atoms with van der Waals surface area (Å²) in [6.07, 6.45) is 3.26. The van der Waals surface area contributed by atoms with Crippen LogP contribution in [-0.2, 0) is 0 Å².